The molecule has 2 heterocycles. The molecule has 0 aromatic carbocycles. The highest BCUT2D eigenvalue weighted by atomic mass is 16.3. The highest BCUT2D eigenvalue weighted by molar-refractivity contribution is 5.83. The fourth-order valence-corrected chi connectivity index (χ4v) is 4.05. The second-order valence-corrected chi connectivity index (χ2v) is 7.84. The Hall–Kier alpha value is -1.40. The minimum absolute atomic E-state index is 0.0474. The average molecular weight is 351 g/mol. The second-order valence-electron chi connectivity index (χ2n) is 7.84. The van der Waals surface area contributed by atoms with E-state index in [2.05, 4.69) is 30.1 Å². The molecule has 2 atom stereocenters. The van der Waals surface area contributed by atoms with Crippen molar-refractivity contribution >= 4 is 11.8 Å². The molecule has 6 heteroatoms. The first-order valence-corrected chi connectivity index (χ1v) is 9.38. The van der Waals surface area contributed by atoms with Gasteiger partial charge in [-0.2, -0.15) is 0 Å². The van der Waals surface area contributed by atoms with Crippen molar-refractivity contribution in [2.24, 2.45) is 5.41 Å². The summed E-state index contributed by atoms with van der Waals surface area (Å²) in [7, 11) is 0. The number of aliphatic hydroxyl groups excluding tert-OH is 1. The molecule has 0 saturated carbocycles. The molecule has 0 aromatic heterocycles. The van der Waals surface area contributed by atoms with E-state index in [-0.39, 0.29) is 29.9 Å². The average Bonchev–Trinajstić information content (AvgIpc) is 2.56. The van der Waals surface area contributed by atoms with Crippen molar-refractivity contribution in [3.8, 4) is 0 Å². The van der Waals surface area contributed by atoms with Crippen molar-refractivity contribution in [3.05, 3.63) is 11.6 Å². The monoisotopic (exact) mass is 351 g/mol. The molecule has 2 fully saturated rings. The molecule has 2 saturated heterocycles. The Morgan fingerprint density at radius 3 is 2.68 bits per heavy atom. The van der Waals surface area contributed by atoms with Crippen molar-refractivity contribution in [1.82, 2.24) is 15.1 Å². The van der Waals surface area contributed by atoms with Gasteiger partial charge in [-0.3, -0.25) is 9.59 Å². The maximum atomic E-state index is 12.4. The van der Waals surface area contributed by atoms with Crippen LogP contribution < -0.4 is 5.32 Å². The summed E-state index contributed by atoms with van der Waals surface area (Å²) in [6.45, 7) is 9.75. The molecule has 2 N–H and O–H groups in total. The third kappa shape index (κ3) is 5.54. The number of likely N-dealkylation sites (tertiary alicyclic amines) is 2. The maximum Gasteiger partial charge on any atom is 0.241 e. The normalized spacial score (nSPS) is 27.2. The molecule has 1 spiro atoms. The first-order chi connectivity index (χ1) is 11.8. The zero-order valence-corrected chi connectivity index (χ0v) is 15.9. The first-order valence-electron chi connectivity index (χ1n) is 9.38. The van der Waals surface area contributed by atoms with Crippen molar-refractivity contribution in [3.63, 3.8) is 0 Å². The fourth-order valence-electron chi connectivity index (χ4n) is 4.05. The van der Waals surface area contributed by atoms with Crippen LogP contribution in [-0.4, -0.2) is 72.1 Å². The molecule has 142 valence electrons. The summed E-state index contributed by atoms with van der Waals surface area (Å²) in [6.07, 6.45) is 5.55. The van der Waals surface area contributed by atoms with Gasteiger partial charge < -0.3 is 20.2 Å². The van der Waals surface area contributed by atoms with Crippen molar-refractivity contribution < 1.29 is 14.7 Å². The van der Waals surface area contributed by atoms with Gasteiger partial charge in [0.25, 0.3) is 0 Å². The highest BCUT2D eigenvalue weighted by Crippen LogP contribution is 2.38. The minimum atomic E-state index is -0.358. The van der Waals surface area contributed by atoms with Gasteiger partial charge >= 0.3 is 0 Å². The molecule has 0 radical (unpaired) electrons. The molecule has 6 nitrogen and oxygen atoms in total. The summed E-state index contributed by atoms with van der Waals surface area (Å²) in [5.41, 5.74) is 1.10. The molecule has 25 heavy (non-hydrogen) atoms. The number of nitrogens with one attached hydrogen (secondary N) is 1. The zero-order chi connectivity index (χ0) is 18.4. The number of carbonyl (C=O) groups excluding carboxylic acids is 2. The first kappa shape index (κ1) is 19.9. The van der Waals surface area contributed by atoms with E-state index in [9.17, 15) is 14.7 Å². The zero-order valence-electron chi connectivity index (χ0n) is 15.9. The smallest absolute Gasteiger partial charge is 0.241 e. The topological polar surface area (TPSA) is 72.9 Å². The van der Waals surface area contributed by atoms with Crippen LogP contribution in [0.3, 0.4) is 0 Å². The minimum Gasteiger partial charge on any atom is -0.392 e. The van der Waals surface area contributed by atoms with Gasteiger partial charge in [-0.25, -0.2) is 0 Å². The number of rotatable bonds is 5. The van der Waals surface area contributed by atoms with Crippen LogP contribution in [0.25, 0.3) is 0 Å². The Kier molecular flexibility index (Phi) is 7.02. The van der Waals surface area contributed by atoms with E-state index in [1.165, 1.54) is 12.5 Å². The van der Waals surface area contributed by atoms with E-state index in [1.807, 2.05) is 4.90 Å². The molecule has 0 aliphatic carbocycles. The molecule has 0 bridgehead atoms. The van der Waals surface area contributed by atoms with Crippen LogP contribution >= 0.6 is 0 Å². The molecule has 0 unspecified atom stereocenters. The summed E-state index contributed by atoms with van der Waals surface area (Å²) in [6, 6.07) is 0. The predicted octanol–water partition coefficient (Wildman–Crippen LogP) is 1.15. The molecule has 2 amide bonds. The number of amides is 2. The molecule has 2 aliphatic rings. The van der Waals surface area contributed by atoms with Crippen LogP contribution in [-0.2, 0) is 9.59 Å². The number of nitrogens with zero attached hydrogens (tertiary/aromatic N) is 2. The van der Waals surface area contributed by atoms with Gasteiger partial charge in [0.2, 0.25) is 11.8 Å². The van der Waals surface area contributed by atoms with Gasteiger partial charge in [0.05, 0.1) is 12.6 Å². The molecule has 2 rings (SSSR count). The van der Waals surface area contributed by atoms with E-state index in [0.29, 0.717) is 13.1 Å². The van der Waals surface area contributed by atoms with Crippen molar-refractivity contribution in [1.29, 1.82) is 0 Å². The summed E-state index contributed by atoms with van der Waals surface area (Å²) in [5, 5.41) is 13.3. The SMILES string of the molecule is CC(=O)NCC(=O)N1CCC[C@@]2(CN(CCC=C(C)C)CC[C@H]2O)C1. The van der Waals surface area contributed by atoms with E-state index in [0.717, 1.165) is 45.3 Å². The van der Waals surface area contributed by atoms with Crippen LogP contribution in [0.2, 0.25) is 0 Å². The van der Waals surface area contributed by atoms with Gasteiger partial charge in [-0.05, 0) is 39.5 Å². The Balaban J connectivity index is 1.97. The van der Waals surface area contributed by atoms with Crippen LogP contribution in [0, 0.1) is 5.41 Å². The lowest BCUT2D eigenvalue weighted by molar-refractivity contribution is -0.141. The number of hydrogen-bond donors (Lipinski definition) is 2. The third-order valence-corrected chi connectivity index (χ3v) is 5.41. The lowest BCUT2D eigenvalue weighted by atomic mass is 9.71. The summed E-state index contributed by atoms with van der Waals surface area (Å²) >= 11 is 0. The summed E-state index contributed by atoms with van der Waals surface area (Å²) in [5.74, 6) is -0.244. The van der Waals surface area contributed by atoms with Crippen molar-refractivity contribution in [2.45, 2.75) is 52.6 Å². The van der Waals surface area contributed by atoms with Gasteiger partial charge in [0.1, 0.15) is 0 Å². The number of hydrogen-bond acceptors (Lipinski definition) is 4. The number of piperidine rings is 2. The number of carbonyl (C=O) groups is 2. The standard InChI is InChI=1S/C19H33N3O3/c1-15(2)6-4-9-21-11-7-17(24)19(13-21)8-5-10-22(14-19)18(25)12-20-16(3)23/h6,17,24H,4-5,7-14H2,1-3H3,(H,20,23)/t17-,19-/m1/s1. The molecule has 2 aliphatic heterocycles. The second kappa shape index (κ2) is 8.81. The van der Waals surface area contributed by atoms with E-state index < -0.39 is 0 Å². The van der Waals surface area contributed by atoms with Gasteiger partial charge in [0.15, 0.2) is 0 Å². The molecular formula is C19H33N3O3. The van der Waals surface area contributed by atoms with Crippen LogP contribution in [0.15, 0.2) is 11.6 Å². The van der Waals surface area contributed by atoms with Gasteiger partial charge in [-0.15, -0.1) is 0 Å². The van der Waals surface area contributed by atoms with Crippen LogP contribution in [0.4, 0.5) is 0 Å². The summed E-state index contributed by atoms with van der Waals surface area (Å²) in [4.78, 5) is 27.7. The predicted molar refractivity (Wildman–Crippen MR) is 98.0 cm³/mol. The quantitative estimate of drug-likeness (QED) is 0.729. The highest BCUT2D eigenvalue weighted by Gasteiger charge is 2.46. The lowest BCUT2D eigenvalue weighted by Crippen LogP contribution is -2.60. The van der Waals surface area contributed by atoms with Gasteiger partial charge in [0, 0.05) is 45.1 Å². The fraction of sp³-hybridized carbons (Fsp3) is 0.789. The van der Waals surface area contributed by atoms with Crippen molar-refractivity contribution in [2.75, 3.05) is 39.3 Å². The molecular weight excluding hydrogens is 318 g/mol. The number of aliphatic hydroxyl groups is 1. The largest absolute Gasteiger partial charge is 0.392 e. The molecule has 0 aromatic rings. The van der Waals surface area contributed by atoms with E-state index in [4.69, 9.17) is 0 Å². The number of allylic oxidation sites excluding steroid dienone is 1. The Morgan fingerprint density at radius 1 is 1.24 bits per heavy atom. The lowest BCUT2D eigenvalue weighted by Gasteiger charge is -2.51. The Labute approximate surface area is 151 Å². The third-order valence-electron chi connectivity index (χ3n) is 5.41. The Morgan fingerprint density at radius 2 is 2.00 bits per heavy atom. The van der Waals surface area contributed by atoms with E-state index in [1.54, 1.807) is 0 Å². The van der Waals surface area contributed by atoms with E-state index >= 15 is 0 Å². The maximum absolute atomic E-state index is 12.4. The van der Waals surface area contributed by atoms with Crippen LogP contribution in [0.1, 0.15) is 46.5 Å². The van der Waals surface area contributed by atoms with Gasteiger partial charge in [-0.1, -0.05) is 11.6 Å². The Bertz CT molecular complexity index is 516. The summed E-state index contributed by atoms with van der Waals surface area (Å²) < 4.78 is 0. The van der Waals surface area contributed by atoms with Crippen LogP contribution in [0.5, 0.6) is 0 Å².